The van der Waals surface area contributed by atoms with E-state index in [4.69, 9.17) is 5.73 Å². The number of unbranched alkanes of at least 4 members (excludes halogenated alkanes) is 5. The molecule has 1 atom stereocenters. The summed E-state index contributed by atoms with van der Waals surface area (Å²) in [5, 5.41) is 0. The predicted molar refractivity (Wildman–Crippen MR) is 61.3 cm³/mol. The van der Waals surface area contributed by atoms with Gasteiger partial charge in [-0.2, -0.15) is 0 Å². The molecular formula is C12H25NO. The Bertz CT molecular complexity index is 145. The van der Waals surface area contributed by atoms with E-state index in [1.807, 2.05) is 6.92 Å². The smallest absolute Gasteiger partial charge is 0.149 e. The highest BCUT2D eigenvalue weighted by Gasteiger charge is 2.09. The molecule has 0 spiro atoms. The Morgan fingerprint density at radius 1 is 1.07 bits per heavy atom. The fraction of sp³-hybridized carbons (Fsp3) is 0.917. The molecule has 2 N–H and O–H groups in total. The normalized spacial score (nSPS) is 12.8. The third-order valence-electron chi connectivity index (χ3n) is 2.63. The van der Waals surface area contributed by atoms with Gasteiger partial charge in [0.05, 0.1) is 6.04 Å². The molecule has 0 aromatic carbocycles. The molecule has 0 aromatic rings. The van der Waals surface area contributed by atoms with Crippen LogP contribution >= 0.6 is 0 Å². The molecule has 84 valence electrons. The molecule has 0 saturated heterocycles. The first-order valence-corrected chi connectivity index (χ1v) is 6.00. The van der Waals surface area contributed by atoms with Gasteiger partial charge in [0.2, 0.25) is 0 Å². The van der Waals surface area contributed by atoms with Crippen molar-refractivity contribution in [3.8, 4) is 0 Å². The van der Waals surface area contributed by atoms with E-state index in [0.717, 1.165) is 12.8 Å². The summed E-state index contributed by atoms with van der Waals surface area (Å²) in [6.45, 7) is 4.10. The molecule has 0 aliphatic rings. The number of hydrogen-bond acceptors (Lipinski definition) is 2. The van der Waals surface area contributed by atoms with Crippen LogP contribution in [0.4, 0.5) is 0 Å². The first-order valence-electron chi connectivity index (χ1n) is 6.00. The third-order valence-corrected chi connectivity index (χ3v) is 2.63. The number of nitrogens with two attached hydrogens (primary N) is 1. The first-order chi connectivity index (χ1) is 6.72. The molecule has 0 aliphatic heterocycles. The van der Waals surface area contributed by atoms with Gasteiger partial charge in [-0.1, -0.05) is 52.4 Å². The molecule has 0 saturated carbocycles. The van der Waals surface area contributed by atoms with Gasteiger partial charge in [0.1, 0.15) is 5.78 Å². The van der Waals surface area contributed by atoms with Crippen LogP contribution in [-0.2, 0) is 4.79 Å². The van der Waals surface area contributed by atoms with Crippen LogP contribution in [0.1, 0.15) is 65.2 Å². The number of ketones is 1. The van der Waals surface area contributed by atoms with E-state index in [9.17, 15) is 4.79 Å². The van der Waals surface area contributed by atoms with Gasteiger partial charge in [-0.25, -0.2) is 0 Å². The van der Waals surface area contributed by atoms with E-state index in [2.05, 4.69) is 6.92 Å². The molecule has 0 aliphatic carbocycles. The lowest BCUT2D eigenvalue weighted by Gasteiger charge is -2.08. The van der Waals surface area contributed by atoms with Gasteiger partial charge in [0.25, 0.3) is 0 Å². The number of hydrogen-bond donors (Lipinski definition) is 1. The van der Waals surface area contributed by atoms with Crippen LogP contribution in [0.2, 0.25) is 0 Å². The Balaban J connectivity index is 3.23. The standard InChI is InChI=1S/C12H25NO/c1-3-5-6-7-8-9-10-11(13)12(14)4-2/h11H,3-10,13H2,1-2H3. The van der Waals surface area contributed by atoms with Crippen molar-refractivity contribution in [1.82, 2.24) is 0 Å². The SMILES string of the molecule is CCCCCCCCC(N)C(=O)CC. The molecule has 0 radical (unpaired) electrons. The highest BCUT2D eigenvalue weighted by atomic mass is 16.1. The topological polar surface area (TPSA) is 43.1 Å². The Morgan fingerprint density at radius 2 is 1.64 bits per heavy atom. The summed E-state index contributed by atoms with van der Waals surface area (Å²) in [7, 11) is 0. The molecule has 14 heavy (non-hydrogen) atoms. The minimum atomic E-state index is -0.203. The van der Waals surface area contributed by atoms with E-state index in [1.54, 1.807) is 0 Å². The molecule has 0 fully saturated rings. The van der Waals surface area contributed by atoms with Gasteiger partial charge >= 0.3 is 0 Å². The Labute approximate surface area is 88.3 Å². The Morgan fingerprint density at radius 3 is 2.21 bits per heavy atom. The highest BCUT2D eigenvalue weighted by Crippen LogP contribution is 2.08. The molecule has 2 nitrogen and oxygen atoms in total. The molecule has 1 unspecified atom stereocenters. The van der Waals surface area contributed by atoms with Gasteiger partial charge in [0, 0.05) is 6.42 Å². The van der Waals surface area contributed by atoms with Crippen LogP contribution in [0.25, 0.3) is 0 Å². The van der Waals surface area contributed by atoms with Gasteiger partial charge in [-0.05, 0) is 6.42 Å². The maximum atomic E-state index is 11.2. The second-order valence-corrected chi connectivity index (χ2v) is 3.98. The molecule has 0 bridgehead atoms. The van der Waals surface area contributed by atoms with E-state index in [1.165, 1.54) is 32.1 Å². The Hall–Kier alpha value is -0.370. The van der Waals surface area contributed by atoms with E-state index in [0.29, 0.717) is 6.42 Å². The first kappa shape index (κ1) is 13.6. The van der Waals surface area contributed by atoms with Gasteiger partial charge in [-0.15, -0.1) is 0 Å². The van der Waals surface area contributed by atoms with Gasteiger partial charge in [-0.3, -0.25) is 4.79 Å². The highest BCUT2D eigenvalue weighted by molar-refractivity contribution is 5.83. The fourth-order valence-electron chi connectivity index (χ4n) is 1.57. The zero-order valence-electron chi connectivity index (χ0n) is 9.72. The summed E-state index contributed by atoms with van der Waals surface area (Å²) in [5.41, 5.74) is 5.72. The van der Waals surface area contributed by atoms with E-state index >= 15 is 0 Å². The van der Waals surface area contributed by atoms with Crippen molar-refractivity contribution in [3.63, 3.8) is 0 Å². The van der Waals surface area contributed by atoms with Crippen LogP contribution < -0.4 is 5.73 Å². The molecule has 2 heteroatoms. The lowest BCUT2D eigenvalue weighted by molar-refractivity contribution is -0.120. The zero-order chi connectivity index (χ0) is 10.8. The third kappa shape index (κ3) is 7.07. The average Bonchev–Trinajstić information content (AvgIpc) is 2.21. The lowest BCUT2D eigenvalue weighted by Crippen LogP contribution is -2.29. The van der Waals surface area contributed by atoms with Crippen LogP contribution in [0.3, 0.4) is 0 Å². The van der Waals surface area contributed by atoms with Gasteiger partial charge < -0.3 is 5.73 Å². The van der Waals surface area contributed by atoms with Crippen molar-refractivity contribution in [2.75, 3.05) is 0 Å². The van der Waals surface area contributed by atoms with Crippen LogP contribution in [0.5, 0.6) is 0 Å². The monoisotopic (exact) mass is 199 g/mol. The fourth-order valence-corrected chi connectivity index (χ4v) is 1.57. The second-order valence-electron chi connectivity index (χ2n) is 3.98. The maximum Gasteiger partial charge on any atom is 0.149 e. The minimum absolute atomic E-state index is 0.203. The van der Waals surface area contributed by atoms with Gasteiger partial charge in [0.15, 0.2) is 0 Å². The van der Waals surface area contributed by atoms with Crippen molar-refractivity contribution in [3.05, 3.63) is 0 Å². The van der Waals surface area contributed by atoms with Crippen molar-refractivity contribution in [2.45, 2.75) is 71.3 Å². The summed E-state index contributed by atoms with van der Waals surface area (Å²) in [4.78, 5) is 11.2. The Kier molecular flexibility index (Phi) is 8.95. The number of Topliss-reactive ketones (excluding diaryl/α,β-unsaturated/α-hetero) is 1. The summed E-state index contributed by atoms with van der Waals surface area (Å²) in [6.07, 6.45) is 9.03. The largest absolute Gasteiger partial charge is 0.322 e. The molecule has 0 rings (SSSR count). The number of carbonyl (C=O) groups excluding carboxylic acids is 1. The summed E-state index contributed by atoms with van der Waals surface area (Å²) in [5.74, 6) is 0.207. The van der Waals surface area contributed by atoms with Crippen LogP contribution in [0.15, 0.2) is 0 Å². The lowest BCUT2D eigenvalue weighted by atomic mass is 10.0. The summed E-state index contributed by atoms with van der Waals surface area (Å²) >= 11 is 0. The molecule has 0 amide bonds. The molecule has 0 heterocycles. The van der Waals surface area contributed by atoms with E-state index < -0.39 is 0 Å². The van der Waals surface area contributed by atoms with Crippen molar-refractivity contribution in [2.24, 2.45) is 5.73 Å². The predicted octanol–water partition coefficient (Wildman–Crippen LogP) is 3.04. The number of rotatable bonds is 9. The van der Waals surface area contributed by atoms with Crippen molar-refractivity contribution >= 4 is 5.78 Å². The molecule has 0 aromatic heterocycles. The zero-order valence-corrected chi connectivity index (χ0v) is 9.72. The second kappa shape index (κ2) is 9.20. The van der Waals surface area contributed by atoms with Crippen LogP contribution in [-0.4, -0.2) is 11.8 Å². The van der Waals surface area contributed by atoms with E-state index in [-0.39, 0.29) is 11.8 Å². The van der Waals surface area contributed by atoms with Crippen LogP contribution in [0, 0.1) is 0 Å². The number of carbonyl (C=O) groups is 1. The summed E-state index contributed by atoms with van der Waals surface area (Å²) in [6, 6.07) is -0.203. The van der Waals surface area contributed by atoms with Crippen molar-refractivity contribution in [1.29, 1.82) is 0 Å². The van der Waals surface area contributed by atoms with Crippen molar-refractivity contribution < 1.29 is 4.79 Å². The summed E-state index contributed by atoms with van der Waals surface area (Å²) < 4.78 is 0. The quantitative estimate of drug-likeness (QED) is 0.580. The maximum absolute atomic E-state index is 11.2. The average molecular weight is 199 g/mol. The minimum Gasteiger partial charge on any atom is -0.322 e. The molecular weight excluding hydrogens is 174 g/mol.